The molecule has 0 bridgehead atoms. The van der Waals surface area contributed by atoms with E-state index in [-0.39, 0.29) is 18.5 Å². The fourth-order valence-electron chi connectivity index (χ4n) is 2.42. The van der Waals surface area contributed by atoms with Gasteiger partial charge < -0.3 is 5.32 Å². The minimum Gasteiger partial charge on any atom is -0.327 e. The van der Waals surface area contributed by atoms with Crippen molar-refractivity contribution in [3.63, 3.8) is 0 Å². The van der Waals surface area contributed by atoms with Gasteiger partial charge in [0, 0.05) is 0 Å². The lowest BCUT2D eigenvalue weighted by molar-refractivity contribution is -0.148. The summed E-state index contributed by atoms with van der Waals surface area (Å²) in [5, 5.41) is 5.60. The van der Waals surface area contributed by atoms with E-state index in [9.17, 15) is 9.59 Å². The number of hydrogen-bond donors (Lipinski definition) is 1. The van der Waals surface area contributed by atoms with Crippen LogP contribution in [0.15, 0.2) is 60.7 Å². The van der Waals surface area contributed by atoms with Gasteiger partial charge in [-0.05, 0) is 11.1 Å². The molecule has 0 aliphatic carbocycles. The number of hydrogen-bond acceptors (Lipinski definition) is 2. The van der Waals surface area contributed by atoms with Gasteiger partial charge in [-0.15, -0.1) is 0 Å². The summed E-state index contributed by atoms with van der Waals surface area (Å²) < 4.78 is 0. The molecule has 0 aromatic heterocycles. The maximum Gasteiger partial charge on any atom is 0.337 e. The molecule has 5 heteroatoms. The van der Waals surface area contributed by atoms with Crippen LogP contribution >= 0.6 is 0 Å². The van der Waals surface area contributed by atoms with E-state index in [1.807, 2.05) is 60.7 Å². The van der Waals surface area contributed by atoms with Gasteiger partial charge in [-0.2, -0.15) is 0 Å². The Morgan fingerprint density at radius 1 is 0.773 bits per heavy atom. The van der Waals surface area contributed by atoms with Crippen LogP contribution < -0.4 is 5.32 Å². The SMILES string of the molecule is O=C1CNC(=O)N(Cc2ccccc2)N1Cc1ccccc1. The molecule has 22 heavy (non-hydrogen) atoms. The lowest BCUT2D eigenvalue weighted by Crippen LogP contribution is -2.60. The molecular formula is C17H17N3O2. The van der Waals surface area contributed by atoms with Gasteiger partial charge >= 0.3 is 6.03 Å². The molecule has 0 saturated carbocycles. The predicted molar refractivity (Wildman–Crippen MR) is 82.4 cm³/mol. The normalized spacial score (nSPS) is 14.9. The predicted octanol–water partition coefficient (Wildman–Crippen LogP) is 2.16. The van der Waals surface area contributed by atoms with E-state index in [0.29, 0.717) is 13.1 Å². The van der Waals surface area contributed by atoms with E-state index in [0.717, 1.165) is 11.1 Å². The minimum atomic E-state index is -0.251. The van der Waals surface area contributed by atoms with E-state index in [2.05, 4.69) is 5.32 Å². The van der Waals surface area contributed by atoms with Gasteiger partial charge in [0.15, 0.2) is 0 Å². The lowest BCUT2D eigenvalue weighted by Gasteiger charge is -2.38. The molecule has 0 atom stereocenters. The molecular weight excluding hydrogens is 278 g/mol. The molecule has 2 aromatic carbocycles. The number of carbonyl (C=O) groups is 2. The largest absolute Gasteiger partial charge is 0.337 e. The van der Waals surface area contributed by atoms with Crippen LogP contribution in [-0.4, -0.2) is 28.5 Å². The van der Waals surface area contributed by atoms with Crippen molar-refractivity contribution in [1.29, 1.82) is 0 Å². The molecule has 0 radical (unpaired) electrons. The van der Waals surface area contributed by atoms with Crippen molar-refractivity contribution in [3.8, 4) is 0 Å². The van der Waals surface area contributed by atoms with Crippen LogP contribution in [0, 0.1) is 0 Å². The van der Waals surface area contributed by atoms with Gasteiger partial charge in [-0.1, -0.05) is 60.7 Å². The summed E-state index contributed by atoms with van der Waals surface area (Å²) >= 11 is 0. The summed E-state index contributed by atoms with van der Waals surface area (Å²) in [5.41, 5.74) is 1.97. The highest BCUT2D eigenvalue weighted by Gasteiger charge is 2.31. The van der Waals surface area contributed by atoms with Crippen LogP contribution in [0.1, 0.15) is 11.1 Å². The van der Waals surface area contributed by atoms with E-state index >= 15 is 0 Å². The van der Waals surface area contributed by atoms with Gasteiger partial charge in [0.1, 0.15) is 6.54 Å². The maximum atomic E-state index is 12.2. The quantitative estimate of drug-likeness (QED) is 0.939. The molecule has 1 aliphatic heterocycles. The Balaban J connectivity index is 1.82. The van der Waals surface area contributed by atoms with Crippen LogP contribution in [0.25, 0.3) is 0 Å². The summed E-state index contributed by atoms with van der Waals surface area (Å²) in [4.78, 5) is 24.4. The molecule has 3 amide bonds. The Labute approximate surface area is 129 Å². The van der Waals surface area contributed by atoms with Crippen molar-refractivity contribution in [2.45, 2.75) is 13.1 Å². The molecule has 1 heterocycles. The molecule has 112 valence electrons. The standard InChI is InChI=1S/C17H17N3O2/c21-16-11-18-17(22)20(13-15-9-5-2-6-10-15)19(16)12-14-7-3-1-4-8-14/h1-10H,11-13H2,(H,18,22). The zero-order valence-corrected chi connectivity index (χ0v) is 12.1. The van der Waals surface area contributed by atoms with E-state index < -0.39 is 0 Å². The third kappa shape index (κ3) is 3.09. The van der Waals surface area contributed by atoms with Crippen LogP contribution in [0.5, 0.6) is 0 Å². The highest BCUT2D eigenvalue weighted by molar-refractivity contribution is 5.89. The van der Waals surface area contributed by atoms with E-state index in [4.69, 9.17) is 0 Å². The first-order valence-corrected chi connectivity index (χ1v) is 7.17. The fraction of sp³-hybridized carbons (Fsp3) is 0.176. The Bertz CT molecular complexity index is 599. The zero-order valence-electron chi connectivity index (χ0n) is 12.1. The molecule has 1 aliphatic rings. The van der Waals surface area contributed by atoms with Gasteiger partial charge in [-0.3, -0.25) is 4.79 Å². The number of nitrogens with zero attached hydrogens (tertiary/aromatic N) is 2. The fourth-order valence-corrected chi connectivity index (χ4v) is 2.42. The first-order valence-electron chi connectivity index (χ1n) is 7.17. The van der Waals surface area contributed by atoms with Gasteiger partial charge in [0.05, 0.1) is 13.1 Å². The second-order valence-electron chi connectivity index (χ2n) is 5.14. The third-order valence-corrected chi connectivity index (χ3v) is 3.55. The average Bonchev–Trinajstić information content (AvgIpc) is 2.56. The second kappa shape index (κ2) is 6.30. The Hall–Kier alpha value is -2.82. The first-order chi connectivity index (χ1) is 10.7. The number of rotatable bonds is 4. The summed E-state index contributed by atoms with van der Waals surface area (Å²) in [5.74, 6) is -0.112. The molecule has 0 unspecified atom stereocenters. The molecule has 3 rings (SSSR count). The smallest absolute Gasteiger partial charge is 0.327 e. The monoisotopic (exact) mass is 295 g/mol. The van der Waals surface area contributed by atoms with Gasteiger partial charge in [0.2, 0.25) is 0 Å². The van der Waals surface area contributed by atoms with Crippen LogP contribution in [-0.2, 0) is 17.9 Å². The van der Waals surface area contributed by atoms with Crippen LogP contribution in [0.2, 0.25) is 0 Å². The van der Waals surface area contributed by atoms with Gasteiger partial charge in [-0.25, -0.2) is 14.8 Å². The van der Waals surface area contributed by atoms with Crippen LogP contribution in [0.4, 0.5) is 4.79 Å². The number of benzene rings is 2. The van der Waals surface area contributed by atoms with Crippen LogP contribution in [0.3, 0.4) is 0 Å². The Morgan fingerprint density at radius 2 is 1.27 bits per heavy atom. The number of urea groups is 1. The summed E-state index contributed by atoms with van der Waals surface area (Å²) in [6, 6.07) is 19.0. The van der Waals surface area contributed by atoms with Crippen molar-refractivity contribution >= 4 is 11.9 Å². The van der Waals surface area contributed by atoms with E-state index in [1.54, 1.807) is 0 Å². The summed E-state index contributed by atoms with van der Waals surface area (Å²) in [6.07, 6.45) is 0. The van der Waals surface area contributed by atoms with Crippen molar-refractivity contribution in [2.24, 2.45) is 0 Å². The maximum absolute atomic E-state index is 12.2. The molecule has 1 saturated heterocycles. The highest BCUT2D eigenvalue weighted by Crippen LogP contribution is 2.15. The summed E-state index contributed by atoms with van der Waals surface area (Å²) in [7, 11) is 0. The minimum absolute atomic E-state index is 0.0386. The van der Waals surface area contributed by atoms with Gasteiger partial charge in [0.25, 0.3) is 5.91 Å². The topological polar surface area (TPSA) is 52.7 Å². The average molecular weight is 295 g/mol. The molecule has 1 fully saturated rings. The van der Waals surface area contributed by atoms with Crippen molar-refractivity contribution in [3.05, 3.63) is 71.8 Å². The first kappa shape index (κ1) is 14.1. The van der Waals surface area contributed by atoms with E-state index in [1.165, 1.54) is 10.0 Å². The summed E-state index contributed by atoms with van der Waals surface area (Å²) in [6.45, 7) is 0.794. The number of nitrogens with one attached hydrogen (secondary N) is 1. The molecule has 0 spiro atoms. The van der Waals surface area contributed by atoms with Crippen molar-refractivity contribution < 1.29 is 9.59 Å². The Morgan fingerprint density at radius 3 is 1.82 bits per heavy atom. The number of amides is 3. The van der Waals surface area contributed by atoms with Crippen molar-refractivity contribution in [1.82, 2.24) is 15.3 Å². The molecule has 2 aromatic rings. The number of hydrazine groups is 1. The zero-order chi connectivity index (χ0) is 15.4. The molecule has 1 N–H and O–H groups in total. The number of carbonyl (C=O) groups excluding carboxylic acids is 2. The third-order valence-electron chi connectivity index (χ3n) is 3.55. The highest BCUT2D eigenvalue weighted by atomic mass is 16.2. The molecule has 5 nitrogen and oxygen atoms in total. The Kier molecular flexibility index (Phi) is 4.05. The lowest BCUT2D eigenvalue weighted by atomic mass is 10.2. The van der Waals surface area contributed by atoms with Crippen molar-refractivity contribution in [2.75, 3.05) is 6.54 Å². The second-order valence-corrected chi connectivity index (χ2v) is 5.14.